The third kappa shape index (κ3) is 6.95. The molecule has 1 unspecified atom stereocenters. The molecule has 1 heterocycles. The van der Waals surface area contributed by atoms with Crippen LogP contribution in [0.3, 0.4) is 0 Å². The van der Waals surface area contributed by atoms with Gasteiger partial charge in [-0.05, 0) is 49.6 Å². The highest BCUT2D eigenvalue weighted by Gasteiger charge is 2.20. The molecule has 0 aliphatic carbocycles. The Morgan fingerprint density at radius 2 is 1.80 bits per heavy atom. The van der Waals surface area contributed by atoms with Crippen molar-refractivity contribution in [3.05, 3.63) is 77.6 Å². The van der Waals surface area contributed by atoms with Gasteiger partial charge in [-0.25, -0.2) is 0 Å². The Hall–Kier alpha value is -3.59. The molecule has 1 aromatic heterocycles. The number of amides is 2. The number of aromatic nitrogens is 3. The zero-order valence-corrected chi connectivity index (χ0v) is 21.3. The van der Waals surface area contributed by atoms with E-state index in [1.807, 2.05) is 67.8 Å². The normalized spacial score (nSPS) is 11.5. The third-order valence-corrected chi connectivity index (χ3v) is 6.39. The van der Waals surface area contributed by atoms with Gasteiger partial charge in [0, 0.05) is 12.2 Å². The molecule has 8 nitrogen and oxygen atoms in total. The number of hydrogen-bond donors (Lipinski definition) is 2. The number of carbonyl (C=O) groups is 2. The van der Waals surface area contributed by atoms with E-state index in [-0.39, 0.29) is 30.0 Å². The van der Waals surface area contributed by atoms with Gasteiger partial charge in [-0.3, -0.25) is 9.59 Å². The summed E-state index contributed by atoms with van der Waals surface area (Å²) in [6.07, 6.45) is 1.98. The predicted octanol–water partition coefficient (Wildman–Crippen LogP) is 4.24. The first-order valence-electron chi connectivity index (χ1n) is 11.3. The summed E-state index contributed by atoms with van der Waals surface area (Å²) in [5.74, 6) is 1.28. The van der Waals surface area contributed by atoms with Crippen LogP contribution in [0.4, 0.5) is 5.69 Å². The van der Waals surface area contributed by atoms with Crippen LogP contribution in [0.15, 0.2) is 60.3 Å². The largest absolute Gasteiger partial charge is 0.497 e. The number of methoxy groups -OCH3 is 1. The molecular formula is C26H31N5O3S. The molecule has 3 rings (SSSR count). The van der Waals surface area contributed by atoms with Crippen molar-refractivity contribution < 1.29 is 14.3 Å². The lowest BCUT2D eigenvalue weighted by Crippen LogP contribution is -2.30. The van der Waals surface area contributed by atoms with Crippen molar-refractivity contribution in [2.45, 2.75) is 44.9 Å². The molecule has 184 valence electrons. The Morgan fingerprint density at radius 3 is 2.43 bits per heavy atom. The first kappa shape index (κ1) is 26.0. The van der Waals surface area contributed by atoms with E-state index < -0.39 is 0 Å². The molecule has 2 amide bonds. The molecular weight excluding hydrogens is 462 g/mol. The number of thioether (sulfide) groups is 1. The number of carbonyl (C=O) groups excluding carboxylic acids is 2. The number of rotatable bonds is 11. The van der Waals surface area contributed by atoms with Crippen LogP contribution in [-0.4, -0.2) is 39.4 Å². The predicted molar refractivity (Wildman–Crippen MR) is 139 cm³/mol. The van der Waals surface area contributed by atoms with Gasteiger partial charge in [0.2, 0.25) is 11.8 Å². The number of anilines is 1. The number of nitrogens with one attached hydrogen (secondary N) is 2. The van der Waals surface area contributed by atoms with E-state index in [4.69, 9.17) is 4.74 Å². The van der Waals surface area contributed by atoms with Crippen LogP contribution in [0.1, 0.15) is 35.5 Å². The van der Waals surface area contributed by atoms with Crippen molar-refractivity contribution in [1.29, 1.82) is 0 Å². The van der Waals surface area contributed by atoms with E-state index in [1.54, 1.807) is 13.2 Å². The second-order valence-electron chi connectivity index (χ2n) is 8.16. The highest BCUT2D eigenvalue weighted by Crippen LogP contribution is 2.23. The van der Waals surface area contributed by atoms with Gasteiger partial charge in [-0.1, -0.05) is 48.2 Å². The lowest BCUT2D eigenvalue weighted by molar-refractivity contribution is -0.121. The SMILES string of the molecule is C=CCn1c(SCC(=O)Nc2c(C)cccc2C)nnc1C(C)NC(=O)Cc1ccc(OC)cc1. The number of nitrogens with zero attached hydrogens (tertiary/aromatic N) is 3. The molecule has 2 aromatic carbocycles. The van der Waals surface area contributed by atoms with E-state index in [9.17, 15) is 9.59 Å². The first-order valence-corrected chi connectivity index (χ1v) is 12.3. The second kappa shape index (κ2) is 12.2. The molecule has 2 N–H and O–H groups in total. The summed E-state index contributed by atoms with van der Waals surface area (Å²) in [4.78, 5) is 25.2. The Bertz CT molecular complexity index is 1170. The van der Waals surface area contributed by atoms with Crippen LogP contribution in [0.2, 0.25) is 0 Å². The van der Waals surface area contributed by atoms with Crippen LogP contribution < -0.4 is 15.4 Å². The smallest absolute Gasteiger partial charge is 0.234 e. The van der Waals surface area contributed by atoms with E-state index in [1.165, 1.54) is 11.8 Å². The molecule has 35 heavy (non-hydrogen) atoms. The summed E-state index contributed by atoms with van der Waals surface area (Å²) < 4.78 is 7.02. The van der Waals surface area contributed by atoms with Crippen molar-refractivity contribution in [3.8, 4) is 5.75 Å². The summed E-state index contributed by atoms with van der Waals surface area (Å²) in [6.45, 7) is 10.1. The fourth-order valence-corrected chi connectivity index (χ4v) is 4.39. The van der Waals surface area contributed by atoms with Gasteiger partial charge in [-0.2, -0.15) is 0 Å². The van der Waals surface area contributed by atoms with E-state index >= 15 is 0 Å². The monoisotopic (exact) mass is 493 g/mol. The molecule has 0 bridgehead atoms. The summed E-state index contributed by atoms with van der Waals surface area (Å²) in [6, 6.07) is 12.9. The van der Waals surface area contributed by atoms with Gasteiger partial charge in [0.15, 0.2) is 11.0 Å². The second-order valence-corrected chi connectivity index (χ2v) is 9.10. The molecule has 0 radical (unpaired) electrons. The van der Waals surface area contributed by atoms with Crippen LogP contribution in [0.25, 0.3) is 0 Å². The van der Waals surface area contributed by atoms with Gasteiger partial charge in [-0.15, -0.1) is 16.8 Å². The lowest BCUT2D eigenvalue weighted by Gasteiger charge is -2.15. The number of benzene rings is 2. The topological polar surface area (TPSA) is 98.1 Å². The number of allylic oxidation sites excluding steroid dienone is 1. The van der Waals surface area contributed by atoms with Gasteiger partial charge in [0.25, 0.3) is 0 Å². The van der Waals surface area contributed by atoms with E-state index in [2.05, 4.69) is 27.4 Å². The minimum Gasteiger partial charge on any atom is -0.497 e. The summed E-state index contributed by atoms with van der Waals surface area (Å²) in [7, 11) is 1.60. The number of aryl methyl sites for hydroxylation is 2. The van der Waals surface area contributed by atoms with Crippen molar-refractivity contribution >= 4 is 29.3 Å². The Kier molecular flexibility index (Phi) is 9.08. The van der Waals surface area contributed by atoms with Crippen molar-refractivity contribution in [1.82, 2.24) is 20.1 Å². The van der Waals surface area contributed by atoms with Gasteiger partial charge in [0.05, 0.1) is 25.3 Å². The average molecular weight is 494 g/mol. The maximum atomic E-state index is 12.6. The summed E-state index contributed by atoms with van der Waals surface area (Å²) in [5, 5.41) is 15.1. The highest BCUT2D eigenvalue weighted by molar-refractivity contribution is 7.99. The van der Waals surface area contributed by atoms with Gasteiger partial charge in [0.1, 0.15) is 5.75 Å². The van der Waals surface area contributed by atoms with Crippen molar-refractivity contribution in [2.24, 2.45) is 0 Å². The van der Waals surface area contributed by atoms with Crippen molar-refractivity contribution in [2.75, 3.05) is 18.2 Å². The zero-order valence-electron chi connectivity index (χ0n) is 20.5. The standard InChI is InChI=1S/C26H31N5O3S/c1-6-14-31-25(19(4)27-22(32)15-20-10-12-21(34-5)13-11-20)29-30-26(31)35-16-23(33)28-24-17(2)8-7-9-18(24)3/h6-13,19H,1,14-16H2,2-5H3,(H,27,32)(H,28,33). The fourth-order valence-electron chi connectivity index (χ4n) is 3.63. The molecule has 0 aliphatic rings. The molecule has 1 atom stereocenters. The maximum absolute atomic E-state index is 12.6. The summed E-state index contributed by atoms with van der Waals surface area (Å²) >= 11 is 1.29. The Balaban J connectivity index is 1.62. The number of para-hydroxylation sites is 1. The molecule has 0 aliphatic heterocycles. The average Bonchev–Trinajstić information content (AvgIpc) is 3.23. The fraction of sp³-hybridized carbons (Fsp3) is 0.308. The maximum Gasteiger partial charge on any atom is 0.234 e. The number of hydrogen-bond acceptors (Lipinski definition) is 6. The van der Waals surface area contributed by atoms with Gasteiger partial charge < -0.3 is 19.9 Å². The van der Waals surface area contributed by atoms with Crippen LogP contribution in [-0.2, 0) is 22.6 Å². The number of ether oxygens (including phenoxy) is 1. The van der Waals surface area contributed by atoms with Crippen LogP contribution in [0, 0.1) is 13.8 Å². The molecule has 9 heteroatoms. The highest BCUT2D eigenvalue weighted by atomic mass is 32.2. The summed E-state index contributed by atoms with van der Waals surface area (Å²) in [5.41, 5.74) is 3.74. The molecule has 3 aromatic rings. The molecule has 0 saturated carbocycles. The Labute approximate surface area is 210 Å². The molecule has 0 saturated heterocycles. The molecule has 0 fully saturated rings. The lowest BCUT2D eigenvalue weighted by atomic mass is 10.1. The van der Waals surface area contributed by atoms with Gasteiger partial charge >= 0.3 is 0 Å². The molecule has 0 spiro atoms. The minimum atomic E-state index is -0.369. The zero-order chi connectivity index (χ0) is 25.4. The van der Waals surface area contributed by atoms with E-state index in [0.29, 0.717) is 17.5 Å². The van der Waals surface area contributed by atoms with Crippen LogP contribution in [0.5, 0.6) is 5.75 Å². The first-order chi connectivity index (χ1) is 16.8. The van der Waals surface area contributed by atoms with Crippen LogP contribution >= 0.6 is 11.8 Å². The quantitative estimate of drug-likeness (QED) is 0.306. The third-order valence-electron chi connectivity index (χ3n) is 5.42. The Morgan fingerprint density at radius 1 is 1.11 bits per heavy atom. The van der Waals surface area contributed by atoms with E-state index in [0.717, 1.165) is 28.1 Å². The minimum absolute atomic E-state index is 0.122. The van der Waals surface area contributed by atoms with Crippen molar-refractivity contribution in [3.63, 3.8) is 0 Å².